The summed E-state index contributed by atoms with van der Waals surface area (Å²) in [6.07, 6.45) is 2.40. The molecule has 146 valence electrons. The molecule has 5 nitrogen and oxygen atoms in total. The minimum Gasteiger partial charge on any atom is -0.444 e. The van der Waals surface area contributed by atoms with Crippen molar-refractivity contribution in [3.8, 4) is 0 Å². The molecule has 1 aliphatic rings. The summed E-state index contributed by atoms with van der Waals surface area (Å²) in [5.41, 5.74) is 2.99. The van der Waals surface area contributed by atoms with E-state index >= 15 is 0 Å². The van der Waals surface area contributed by atoms with E-state index in [1.807, 2.05) is 23.1 Å². The predicted octanol–water partition coefficient (Wildman–Crippen LogP) is 4.96. The summed E-state index contributed by atoms with van der Waals surface area (Å²) in [7, 11) is 0. The summed E-state index contributed by atoms with van der Waals surface area (Å²) < 4.78 is 5.26. The molecular weight excluding hydrogens is 352 g/mol. The lowest BCUT2D eigenvalue weighted by atomic mass is 9.99. The monoisotopic (exact) mass is 378 g/mol. The lowest BCUT2D eigenvalue weighted by Crippen LogP contribution is -2.34. The minimum absolute atomic E-state index is 0.0452. The predicted molar refractivity (Wildman–Crippen MR) is 111 cm³/mol. The Kier molecular flexibility index (Phi) is 5.83. The van der Waals surface area contributed by atoms with Gasteiger partial charge in [0, 0.05) is 24.3 Å². The van der Waals surface area contributed by atoms with Crippen molar-refractivity contribution in [3.05, 3.63) is 71.8 Å². The molecule has 5 heteroatoms. The molecule has 0 fully saturated rings. The topological polar surface area (TPSA) is 58.6 Å². The summed E-state index contributed by atoms with van der Waals surface area (Å²) >= 11 is 0. The van der Waals surface area contributed by atoms with E-state index in [9.17, 15) is 9.59 Å². The second kappa shape index (κ2) is 8.30. The van der Waals surface area contributed by atoms with Crippen LogP contribution in [0.3, 0.4) is 0 Å². The molecule has 0 radical (unpaired) electrons. The quantitative estimate of drug-likeness (QED) is 0.821. The standard InChI is InChI=1S/C23H26N2O3/c1-23(2,3)28-22(27)24-20-11-7-10-19(16-20)21(26)25-14-12-18(13-15-25)17-8-5-4-6-9-17/h4-12,16H,13-15H2,1-3H3,(H,24,27). The molecule has 1 aliphatic heterocycles. The van der Waals surface area contributed by atoms with Crippen molar-refractivity contribution in [2.45, 2.75) is 32.8 Å². The van der Waals surface area contributed by atoms with Crippen molar-refractivity contribution in [3.63, 3.8) is 0 Å². The van der Waals surface area contributed by atoms with E-state index in [4.69, 9.17) is 4.74 Å². The summed E-state index contributed by atoms with van der Waals surface area (Å²) in [6, 6.07) is 17.2. The lowest BCUT2D eigenvalue weighted by molar-refractivity contribution is 0.0635. The third-order valence-corrected chi connectivity index (χ3v) is 4.40. The fraction of sp³-hybridized carbons (Fsp3) is 0.304. The molecule has 0 aliphatic carbocycles. The van der Waals surface area contributed by atoms with Gasteiger partial charge in [0.1, 0.15) is 5.60 Å². The summed E-state index contributed by atoms with van der Waals surface area (Å²) in [4.78, 5) is 26.6. The molecule has 0 saturated heterocycles. The van der Waals surface area contributed by atoms with Gasteiger partial charge in [-0.05, 0) is 56.5 Å². The molecule has 2 amide bonds. The molecule has 0 unspecified atom stereocenters. The fourth-order valence-electron chi connectivity index (χ4n) is 3.10. The minimum atomic E-state index is -0.575. The van der Waals surface area contributed by atoms with Gasteiger partial charge in [-0.25, -0.2) is 4.79 Å². The smallest absolute Gasteiger partial charge is 0.412 e. The van der Waals surface area contributed by atoms with Gasteiger partial charge in [-0.2, -0.15) is 0 Å². The van der Waals surface area contributed by atoms with Gasteiger partial charge in [0.15, 0.2) is 0 Å². The van der Waals surface area contributed by atoms with Gasteiger partial charge in [0.2, 0.25) is 0 Å². The van der Waals surface area contributed by atoms with Gasteiger partial charge in [0.25, 0.3) is 5.91 Å². The number of nitrogens with one attached hydrogen (secondary N) is 1. The number of nitrogens with zero attached hydrogens (tertiary/aromatic N) is 1. The Bertz CT molecular complexity index is 882. The fourth-order valence-corrected chi connectivity index (χ4v) is 3.10. The molecule has 0 atom stereocenters. The van der Waals surface area contributed by atoms with Gasteiger partial charge < -0.3 is 9.64 Å². The zero-order chi connectivity index (χ0) is 20.1. The van der Waals surface area contributed by atoms with E-state index in [0.29, 0.717) is 24.3 Å². The summed E-state index contributed by atoms with van der Waals surface area (Å²) in [6.45, 7) is 6.66. The van der Waals surface area contributed by atoms with Gasteiger partial charge >= 0.3 is 6.09 Å². The van der Waals surface area contributed by atoms with Crippen molar-refractivity contribution >= 4 is 23.3 Å². The highest BCUT2D eigenvalue weighted by atomic mass is 16.6. The molecular formula is C23H26N2O3. The third kappa shape index (κ3) is 5.22. The molecule has 1 heterocycles. The number of benzene rings is 2. The zero-order valence-electron chi connectivity index (χ0n) is 16.6. The maximum atomic E-state index is 12.9. The molecule has 0 spiro atoms. The van der Waals surface area contributed by atoms with E-state index in [0.717, 1.165) is 6.42 Å². The molecule has 0 aromatic heterocycles. The first-order valence-corrected chi connectivity index (χ1v) is 9.46. The molecule has 28 heavy (non-hydrogen) atoms. The molecule has 0 saturated carbocycles. The van der Waals surface area contributed by atoms with Crippen molar-refractivity contribution < 1.29 is 14.3 Å². The molecule has 2 aromatic rings. The third-order valence-electron chi connectivity index (χ3n) is 4.40. The number of carbonyl (C=O) groups excluding carboxylic acids is 2. The first kappa shape index (κ1) is 19.7. The van der Waals surface area contributed by atoms with Crippen LogP contribution in [0.5, 0.6) is 0 Å². The Labute approximate surface area is 166 Å². The van der Waals surface area contributed by atoms with Crippen molar-refractivity contribution in [1.29, 1.82) is 0 Å². The Hall–Kier alpha value is -3.08. The first-order chi connectivity index (χ1) is 13.3. The summed E-state index contributed by atoms with van der Waals surface area (Å²) in [5, 5.41) is 2.68. The molecule has 3 rings (SSSR count). The molecule has 1 N–H and O–H groups in total. The zero-order valence-corrected chi connectivity index (χ0v) is 16.6. The Morgan fingerprint density at radius 1 is 1.04 bits per heavy atom. The van der Waals surface area contributed by atoms with Crippen molar-refractivity contribution in [2.75, 3.05) is 18.4 Å². The average Bonchev–Trinajstić information content (AvgIpc) is 2.67. The first-order valence-electron chi connectivity index (χ1n) is 9.46. The van der Waals surface area contributed by atoms with Gasteiger partial charge in [-0.3, -0.25) is 10.1 Å². The number of carbonyl (C=O) groups is 2. The van der Waals surface area contributed by atoms with Crippen LogP contribution in [0, 0.1) is 0 Å². The Morgan fingerprint density at radius 3 is 2.43 bits per heavy atom. The second-order valence-corrected chi connectivity index (χ2v) is 7.80. The SMILES string of the molecule is CC(C)(C)OC(=O)Nc1cccc(C(=O)N2CC=C(c3ccccc3)CC2)c1. The summed E-state index contributed by atoms with van der Waals surface area (Å²) in [5.74, 6) is -0.0452. The van der Waals surface area contributed by atoms with Crippen molar-refractivity contribution in [2.24, 2.45) is 0 Å². The van der Waals surface area contributed by atoms with E-state index in [2.05, 4.69) is 23.5 Å². The maximum absolute atomic E-state index is 12.9. The van der Waals surface area contributed by atoms with Crippen LogP contribution in [-0.2, 0) is 4.74 Å². The van der Waals surface area contributed by atoms with Crippen LogP contribution in [-0.4, -0.2) is 35.6 Å². The number of amides is 2. The van der Waals surface area contributed by atoms with Crippen LogP contribution in [0.2, 0.25) is 0 Å². The van der Waals surface area contributed by atoms with E-state index in [1.54, 1.807) is 45.0 Å². The van der Waals surface area contributed by atoms with Crippen LogP contribution < -0.4 is 5.32 Å². The molecule has 2 aromatic carbocycles. The van der Waals surface area contributed by atoms with Crippen molar-refractivity contribution in [1.82, 2.24) is 4.90 Å². The number of anilines is 1. The number of hydrogen-bond donors (Lipinski definition) is 1. The Balaban J connectivity index is 1.65. The maximum Gasteiger partial charge on any atom is 0.412 e. The average molecular weight is 378 g/mol. The molecule has 0 bridgehead atoms. The Morgan fingerprint density at radius 2 is 1.79 bits per heavy atom. The van der Waals surface area contributed by atoms with Crippen LogP contribution in [0.15, 0.2) is 60.7 Å². The number of ether oxygens (including phenoxy) is 1. The number of hydrogen-bond acceptors (Lipinski definition) is 3. The normalized spacial score (nSPS) is 14.2. The van der Waals surface area contributed by atoms with E-state index in [-0.39, 0.29) is 5.91 Å². The van der Waals surface area contributed by atoms with Crippen LogP contribution in [0.25, 0.3) is 5.57 Å². The highest BCUT2D eigenvalue weighted by Gasteiger charge is 2.20. The second-order valence-electron chi connectivity index (χ2n) is 7.80. The highest BCUT2D eigenvalue weighted by Crippen LogP contribution is 2.23. The van der Waals surface area contributed by atoms with Crippen LogP contribution >= 0.6 is 0 Å². The highest BCUT2D eigenvalue weighted by molar-refractivity contribution is 5.96. The van der Waals surface area contributed by atoms with Crippen LogP contribution in [0.1, 0.15) is 43.1 Å². The lowest BCUT2D eigenvalue weighted by Gasteiger charge is -2.27. The van der Waals surface area contributed by atoms with Gasteiger partial charge in [-0.15, -0.1) is 0 Å². The van der Waals surface area contributed by atoms with Gasteiger partial charge in [0.05, 0.1) is 0 Å². The largest absolute Gasteiger partial charge is 0.444 e. The van der Waals surface area contributed by atoms with Gasteiger partial charge in [-0.1, -0.05) is 42.5 Å². The van der Waals surface area contributed by atoms with E-state index < -0.39 is 11.7 Å². The van der Waals surface area contributed by atoms with Crippen LogP contribution in [0.4, 0.5) is 10.5 Å². The van der Waals surface area contributed by atoms with E-state index in [1.165, 1.54) is 11.1 Å². The number of rotatable bonds is 3.